The van der Waals surface area contributed by atoms with Crippen LogP contribution in [-0.2, 0) is 10.2 Å². The Morgan fingerprint density at radius 2 is 1.92 bits per heavy atom. The summed E-state index contributed by atoms with van der Waals surface area (Å²) in [5.74, 6) is 0.691. The van der Waals surface area contributed by atoms with Gasteiger partial charge >= 0.3 is 0 Å². The third-order valence-electron chi connectivity index (χ3n) is 4.55. The second-order valence-electron chi connectivity index (χ2n) is 6.24. The van der Waals surface area contributed by atoms with Crippen molar-refractivity contribution < 1.29 is 19.1 Å². The van der Waals surface area contributed by atoms with Crippen LogP contribution in [0.4, 0.5) is 0 Å². The number of rotatable bonds is 8. The smallest absolute Gasteiger partial charge is 0.257 e. The van der Waals surface area contributed by atoms with Gasteiger partial charge in [-0.05, 0) is 36.6 Å². The maximum Gasteiger partial charge on any atom is 0.257 e. The molecular formula is C20H21NO4. The van der Waals surface area contributed by atoms with Crippen LogP contribution in [0.2, 0.25) is 0 Å². The van der Waals surface area contributed by atoms with Gasteiger partial charge in [0.2, 0.25) is 0 Å². The van der Waals surface area contributed by atoms with E-state index in [0.29, 0.717) is 23.6 Å². The number of benzene rings is 2. The van der Waals surface area contributed by atoms with E-state index in [1.165, 1.54) is 12.7 Å². The lowest BCUT2D eigenvalue weighted by molar-refractivity contribution is -0.123. The van der Waals surface area contributed by atoms with Gasteiger partial charge in [0.25, 0.3) is 5.91 Å². The molecule has 5 heteroatoms. The second-order valence-corrected chi connectivity index (χ2v) is 6.24. The fourth-order valence-electron chi connectivity index (χ4n) is 2.85. The summed E-state index contributed by atoms with van der Waals surface area (Å²) < 4.78 is 10.7. The predicted molar refractivity (Wildman–Crippen MR) is 94.2 cm³/mol. The van der Waals surface area contributed by atoms with Crippen LogP contribution < -0.4 is 14.8 Å². The fourth-order valence-corrected chi connectivity index (χ4v) is 2.85. The third kappa shape index (κ3) is 3.99. The second kappa shape index (κ2) is 7.38. The van der Waals surface area contributed by atoms with E-state index in [9.17, 15) is 9.59 Å². The van der Waals surface area contributed by atoms with Gasteiger partial charge < -0.3 is 14.8 Å². The molecule has 0 saturated heterocycles. The molecule has 1 fully saturated rings. The fraction of sp³-hybridized carbons (Fsp3) is 0.300. The molecular weight excluding hydrogens is 318 g/mol. The van der Waals surface area contributed by atoms with Crippen molar-refractivity contribution in [1.29, 1.82) is 0 Å². The molecule has 25 heavy (non-hydrogen) atoms. The Morgan fingerprint density at radius 3 is 2.56 bits per heavy atom. The molecule has 0 heterocycles. The van der Waals surface area contributed by atoms with E-state index in [1.54, 1.807) is 18.2 Å². The Balaban J connectivity index is 1.53. The van der Waals surface area contributed by atoms with Crippen molar-refractivity contribution in [3.8, 4) is 11.5 Å². The maximum absolute atomic E-state index is 12.1. The standard InChI is InChI=1S/C20H21NO4/c1-24-18-11-15(12-22)7-8-17(18)25-13-19(23)21-14-20(9-10-20)16-5-3-2-4-6-16/h2-8,11-12H,9-10,13-14H2,1H3,(H,21,23). The Hall–Kier alpha value is -2.82. The highest BCUT2D eigenvalue weighted by molar-refractivity contribution is 5.78. The van der Waals surface area contributed by atoms with Crippen LogP contribution in [-0.4, -0.2) is 32.5 Å². The summed E-state index contributed by atoms with van der Waals surface area (Å²) in [5, 5.41) is 2.95. The largest absolute Gasteiger partial charge is 0.493 e. The molecule has 1 aliphatic carbocycles. The van der Waals surface area contributed by atoms with Crippen molar-refractivity contribution in [2.75, 3.05) is 20.3 Å². The molecule has 0 spiro atoms. The Kier molecular flexibility index (Phi) is 5.03. The average Bonchev–Trinajstić information content (AvgIpc) is 3.46. The first-order chi connectivity index (χ1) is 12.2. The molecule has 2 aromatic carbocycles. The van der Waals surface area contributed by atoms with Gasteiger partial charge in [-0.25, -0.2) is 0 Å². The van der Waals surface area contributed by atoms with E-state index in [0.717, 1.165) is 19.1 Å². The molecule has 0 radical (unpaired) electrons. The maximum atomic E-state index is 12.1. The van der Waals surface area contributed by atoms with Crippen molar-refractivity contribution in [2.45, 2.75) is 18.3 Å². The lowest BCUT2D eigenvalue weighted by atomic mass is 9.96. The summed E-state index contributed by atoms with van der Waals surface area (Å²) in [7, 11) is 1.49. The molecule has 0 atom stereocenters. The van der Waals surface area contributed by atoms with Crippen LogP contribution in [0.1, 0.15) is 28.8 Å². The van der Waals surface area contributed by atoms with Crippen LogP contribution in [0.5, 0.6) is 11.5 Å². The quantitative estimate of drug-likeness (QED) is 0.751. The Labute approximate surface area is 147 Å². The van der Waals surface area contributed by atoms with Crippen LogP contribution in [0.25, 0.3) is 0 Å². The highest BCUT2D eigenvalue weighted by Gasteiger charge is 2.44. The van der Waals surface area contributed by atoms with E-state index in [-0.39, 0.29) is 17.9 Å². The number of carbonyl (C=O) groups excluding carboxylic acids is 2. The molecule has 1 aliphatic rings. The number of carbonyl (C=O) groups is 2. The average molecular weight is 339 g/mol. The SMILES string of the molecule is COc1cc(C=O)ccc1OCC(=O)NCC1(c2ccccc2)CC1. The van der Waals surface area contributed by atoms with Gasteiger partial charge in [0.1, 0.15) is 6.29 Å². The van der Waals surface area contributed by atoms with Crippen molar-refractivity contribution in [3.05, 3.63) is 59.7 Å². The van der Waals surface area contributed by atoms with Gasteiger partial charge in [-0.15, -0.1) is 0 Å². The number of amides is 1. The summed E-state index contributed by atoms with van der Waals surface area (Å²) in [5.41, 5.74) is 1.83. The zero-order chi connectivity index (χ0) is 17.7. The molecule has 1 saturated carbocycles. The Bertz CT molecular complexity index is 754. The first-order valence-corrected chi connectivity index (χ1v) is 8.25. The minimum absolute atomic E-state index is 0.0697. The van der Waals surface area contributed by atoms with E-state index < -0.39 is 0 Å². The number of nitrogens with one attached hydrogen (secondary N) is 1. The lowest BCUT2D eigenvalue weighted by Crippen LogP contribution is -2.35. The molecule has 130 valence electrons. The monoisotopic (exact) mass is 339 g/mol. The first-order valence-electron chi connectivity index (χ1n) is 8.25. The zero-order valence-electron chi connectivity index (χ0n) is 14.2. The summed E-state index contributed by atoms with van der Waals surface area (Å²) in [4.78, 5) is 22.9. The van der Waals surface area contributed by atoms with Crippen molar-refractivity contribution in [1.82, 2.24) is 5.32 Å². The minimum atomic E-state index is -0.177. The minimum Gasteiger partial charge on any atom is -0.493 e. The zero-order valence-corrected chi connectivity index (χ0v) is 14.2. The van der Waals surface area contributed by atoms with Gasteiger partial charge in [-0.1, -0.05) is 30.3 Å². The number of aldehydes is 1. The normalized spacial score (nSPS) is 14.4. The van der Waals surface area contributed by atoms with Crippen molar-refractivity contribution >= 4 is 12.2 Å². The highest BCUT2D eigenvalue weighted by Crippen LogP contribution is 2.47. The van der Waals surface area contributed by atoms with Gasteiger partial charge in [0, 0.05) is 17.5 Å². The molecule has 1 amide bonds. The molecule has 2 aromatic rings. The summed E-state index contributed by atoms with van der Waals surface area (Å²) in [6.07, 6.45) is 2.90. The van der Waals surface area contributed by atoms with Crippen LogP contribution >= 0.6 is 0 Å². The van der Waals surface area contributed by atoms with Crippen LogP contribution in [0.3, 0.4) is 0 Å². The summed E-state index contributed by atoms with van der Waals surface area (Å²) >= 11 is 0. The molecule has 0 bridgehead atoms. The topological polar surface area (TPSA) is 64.6 Å². The highest BCUT2D eigenvalue weighted by atomic mass is 16.5. The molecule has 1 N–H and O–H groups in total. The lowest BCUT2D eigenvalue weighted by Gasteiger charge is -2.17. The molecule has 3 rings (SSSR count). The molecule has 5 nitrogen and oxygen atoms in total. The van der Waals surface area contributed by atoms with Crippen molar-refractivity contribution in [2.24, 2.45) is 0 Å². The van der Waals surface area contributed by atoms with E-state index in [2.05, 4.69) is 17.4 Å². The molecule has 0 aliphatic heterocycles. The predicted octanol–water partition coefficient (Wildman–Crippen LogP) is 2.73. The summed E-state index contributed by atoms with van der Waals surface area (Å²) in [6, 6.07) is 15.1. The van der Waals surface area contributed by atoms with Crippen LogP contribution in [0, 0.1) is 0 Å². The van der Waals surface area contributed by atoms with Gasteiger partial charge in [0.05, 0.1) is 7.11 Å². The number of hydrogen-bond donors (Lipinski definition) is 1. The van der Waals surface area contributed by atoms with Gasteiger partial charge in [-0.3, -0.25) is 9.59 Å². The van der Waals surface area contributed by atoms with Gasteiger partial charge in [0.15, 0.2) is 18.1 Å². The van der Waals surface area contributed by atoms with E-state index in [1.807, 2.05) is 18.2 Å². The number of methoxy groups -OCH3 is 1. The first kappa shape index (κ1) is 17.0. The summed E-state index contributed by atoms with van der Waals surface area (Å²) in [6.45, 7) is 0.516. The molecule has 0 unspecified atom stereocenters. The van der Waals surface area contributed by atoms with E-state index >= 15 is 0 Å². The van der Waals surface area contributed by atoms with Gasteiger partial charge in [-0.2, -0.15) is 0 Å². The third-order valence-corrected chi connectivity index (χ3v) is 4.55. The van der Waals surface area contributed by atoms with Crippen LogP contribution in [0.15, 0.2) is 48.5 Å². The Morgan fingerprint density at radius 1 is 1.16 bits per heavy atom. The number of hydrogen-bond acceptors (Lipinski definition) is 4. The molecule has 0 aromatic heterocycles. The van der Waals surface area contributed by atoms with E-state index in [4.69, 9.17) is 9.47 Å². The number of ether oxygens (including phenoxy) is 2. The van der Waals surface area contributed by atoms with Crippen molar-refractivity contribution in [3.63, 3.8) is 0 Å².